The van der Waals surface area contributed by atoms with E-state index >= 15 is 0 Å². The first-order chi connectivity index (χ1) is 10.5. The average Bonchev–Trinajstić information content (AvgIpc) is 2.89. The molecule has 4 nitrogen and oxygen atoms in total. The average molecular weight is 300 g/mol. The summed E-state index contributed by atoms with van der Waals surface area (Å²) in [5, 5.41) is 0. The zero-order valence-corrected chi connectivity index (χ0v) is 13.5. The molecule has 0 N–H and O–H groups in total. The minimum atomic E-state index is 0.0140. The fourth-order valence-electron chi connectivity index (χ4n) is 2.73. The molecule has 0 unspecified atom stereocenters. The minimum absolute atomic E-state index is 0.0140. The Morgan fingerprint density at radius 2 is 2.18 bits per heavy atom. The van der Waals surface area contributed by atoms with E-state index in [0.717, 1.165) is 24.1 Å². The third kappa shape index (κ3) is 3.97. The van der Waals surface area contributed by atoms with E-state index in [0.29, 0.717) is 31.6 Å². The predicted molar refractivity (Wildman–Crippen MR) is 87.5 cm³/mol. The van der Waals surface area contributed by atoms with Gasteiger partial charge in [0, 0.05) is 38.2 Å². The fraction of sp³-hybridized carbons (Fsp3) is 0.444. The second kappa shape index (κ2) is 7.25. The fourth-order valence-corrected chi connectivity index (χ4v) is 2.73. The van der Waals surface area contributed by atoms with E-state index in [-0.39, 0.29) is 11.8 Å². The molecule has 0 atom stereocenters. The summed E-state index contributed by atoms with van der Waals surface area (Å²) >= 11 is 0. The second-order valence-corrected chi connectivity index (χ2v) is 5.90. The number of rotatable bonds is 6. The number of carbonyl (C=O) groups is 2. The van der Waals surface area contributed by atoms with Gasteiger partial charge < -0.3 is 9.80 Å². The summed E-state index contributed by atoms with van der Waals surface area (Å²) in [5.41, 5.74) is 2.65. The summed E-state index contributed by atoms with van der Waals surface area (Å²) < 4.78 is 0. The van der Waals surface area contributed by atoms with E-state index in [1.165, 1.54) is 0 Å². The van der Waals surface area contributed by atoms with Crippen LogP contribution in [0.2, 0.25) is 0 Å². The summed E-state index contributed by atoms with van der Waals surface area (Å²) in [5.74, 6) is 0.217. The van der Waals surface area contributed by atoms with Crippen molar-refractivity contribution in [1.82, 2.24) is 9.80 Å². The lowest BCUT2D eigenvalue weighted by Gasteiger charge is -2.22. The van der Waals surface area contributed by atoms with Crippen LogP contribution in [0.25, 0.3) is 0 Å². The number of hydrogen-bond donors (Lipinski definition) is 0. The first-order valence-electron chi connectivity index (χ1n) is 7.81. The lowest BCUT2D eigenvalue weighted by Crippen LogP contribution is -2.32. The highest BCUT2D eigenvalue weighted by molar-refractivity contribution is 5.94. The van der Waals surface area contributed by atoms with E-state index in [4.69, 9.17) is 0 Å². The van der Waals surface area contributed by atoms with Gasteiger partial charge in [-0.3, -0.25) is 9.59 Å². The van der Waals surface area contributed by atoms with Crippen LogP contribution in [0.15, 0.2) is 36.4 Å². The van der Waals surface area contributed by atoms with Crippen molar-refractivity contribution in [1.29, 1.82) is 0 Å². The van der Waals surface area contributed by atoms with Crippen LogP contribution in [-0.2, 0) is 11.3 Å². The molecule has 0 bridgehead atoms. The molecule has 118 valence electrons. The molecule has 1 heterocycles. The summed E-state index contributed by atoms with van der Waals surface area (Å²) in [6, 6.07) is 7.59. The Morgan fingerprint density at radius 1 is 1.41 bits per heavy atom. The Hall–Kier alpha value is -2.10. The van der Waals surface area contributed by atoms with Crippen molar-refractivity contribution in [2.75, 3.05) is 19.6 Å². The monoisotopic (exact) mass is 300 g/mol. The van der Waals surface area contributed by atoms with Crippen molar-refractivity contribution in [3.8, 4) is 0 Å². The van der Waals surface area contributed by atoms with Gasteiger partial charge in [-0.05, 0) is 38.0 Å². The summed E-state index contributed by atoms with van der Waals surface area (Å²) in [4.78, 5) is 27.9. The maximum absolute atomic E-state index is 12.6. The number of likely N-dealkylation sites (N-methyl/N-ethyl adjacent to an activating group) is 1. The highest BCUT2D eigenvalue weighted by Gasteiger charge is 2.20. The number of amides is 2. The van der Waals surface area contributed by atoms with E-state index < -0.39 is 0 Å². The topological polar surface area (TPSA) is 40.6 Å². The Labute approximate surface area is 132 Å². The summed E-state index contributed by atoms with van der Waals surface area (Å²) in [7, 11) is 0. The molecule has 1 fully saturated rings. The smallest absolute Gasteiger partial charge is 0.254 e. The molecule has 1 aromatic carbocycles. The van der Waals surface area contributed by atoms with E-state index in [9.17, 15) is 9.59 Å². The van der Waals surface area contributed by atoms with Crippen molar-refractivity contribution >= 4 is 11.8 Å². The molecule has 1 aliphatic heterocycles. The van der Waals surface area contributed by atoms with Crippen LogP contribution < -0.4 is 0 Å². The normalized spacial score (nSPS) is 14.3. The Kier molecular flexibility index (Phi) is 5.36. The summed E-state index contributed by atoms with van der Waals surface area (Å²) in [6.45, 7) is 10.4. The first-order valence-corrected chi connectivity index (χ1v) is 7.81. The molecular formula is C18H24N2O2. The van der Waals surface area contributed by atoms with Crippen LogP contribution in [0.3, 0.4) is 0 Å². The van der Waals surface area contributed by atoms with Gasteiger partial charge in [-0.1, -0.05) is 24.3 Å². The highest BCUT2D eigenvalue weighted by Crippen LogP contribution is 2.16. The Bertz CT molecular complexity index is 580. The molecule has 2 amide bonds. The number of hydrogen-bond acceptors (Lipinski definition) is 2. The maximum atomic E-state index is 12.6. The quantitative estimate of drug-likeness (QED) is 0.758. The van der Waals surface area contributed by atoms with Crippen molar-refractivity contribution in [2.45, 2.75) is 33.2 Å². The minimum Gasteiger partial charge on any atom is -0.338 e. The van der Waals surface area contributed by atoms with Crippen LogP contribution in [0.5, 0.6) is 0 Å². The first kappa shape index (κ1) is 16.3. The molecule has 4 heteroatoms. The SMILES string of the molecule is C=C(C)CN(CC)C(=O)c1cccc(CN2CCCC2=O)c1. The number of likely N-dealkylation sites (tertiary alicyclic amines) is 1. The van der Waals surface area contributed by atoms with Crippen LogP contribution in [0, 0.1) is 0 Å². The van der Waals surface area contributed by atoms with E-state index in [1.807, 2.05) is 43.0 Å². The van der Waals surface area contributed by atoms with Gasteiger partial charge in [0.15, 0.2) is 0 Å². The maximum Gasteiger partial charge on any atom is 0.254 e. The summed E-state index contributed by atoms with van der Waals surface area (Å²) in [6.07, 6.45) is 1.57. The molecule has 2 rings (SSSR count). The van der Waals surface area contributed by atoms with Crippen molar-refractivity contribution < 1.29 is 9.59 Å². The molecule has 22 heavy (non-hydrogen) atoms. The lowest BCUT2D eigenvalue weighted by atomic mass is 10.1. The van der Waals surface area contributed by atoms with Gasteiger partial charge >= 0.3 is 0 Å². The number of nitrogens with zero attached hydrogens (tertiary/aromatic N) is 2. The largest absolute Gasteiger partial charge is 0.338 e. The van der Waals surface area contributed by atoms with Crippen LogP contribution >= 0.6 is 0 Å². The molecule has 1 aliphatic rings. The zero-order valence-electron chi connectivity index (χ0n) is 13.5. The molecule has 0 aliphatic carbocycles. The highest BCUT2D eigenvalue weighted by atomic mass is 16.2. The zero-order chi connectivity index (χ0) is 16.1. The predicted octanol–water partition coefficient (Wildman–Crippen LogP) is 2.85. The third-order valence-corrected chi connectivity index (χ3v) is 3.85. The second-order valence-electron chi connectivity index (χ2n) is 5.90. The van der Waals surface area contributed by atoms with Gasteiger partial charge in [-0.2, -0.15) is 0 Å². The Morgan fingerprint density at radius 3 is 2.77 bits per heavy atom. The molecule has 0 spiro atoms. The van der Waals surface area contributed by atoms with Crippen molar-refractivity contribution in [2.24, 2.45) is 0 Å². The molecule has 0 radical (unpaired) electrons. The van der Waals surface area contributed by atoms with Crippen LogP contribution in [0.1, 0.15) is 42.6 Å². The van der Waals surface area contributed by atoms with E-state index in [1.54, 1.807) is 4.90 Å². The van der Waals surface area contributed by atoms with Gasteiger partial charge in [0.25, 0.3) is 5.91 Å². The Balaban J connectivity index is 2.11. The van der Waals surface area contributed by atoms with Gasteiger partial charge in [0.05, 0.1) is 0 Å². The molecule has 1 aromatic rings. The van der Waals surface area contributed by atoms with Gasteiger partial charge in [0.2, 0.25) is 5.91 Å². The molecular weight excluding hydrogens is 276 g/mol. The number of benzene rings is 1. The molecule has 1 saturated heterocycles. The van der Waals surface area contributed by atoms with Crippen molar-refractivity contribution in [3.63, 3.8) is 0 Å². The van der Waals surface area contributed by atoms with E-state index in [2.05, 4.69) is 6.58 Å². The third-order valence-electron chi connectivity index (χ3n) is 3.85. The number of carbonyl (C=O) groups excluding carboxylic acids is 2. The van der Waals surface area contributed by atoms with Gasteiger partial charge in [-0.25, -0.2) is 0 Å². The standard InChI is InChI=1S/C18H24N2O2/c1-4-19(12-14(2)3)18(22)16-8-5-7-15(11-16)13-20-10-6-9-17(20)21/h5,7-8,11H,2,4,6,9-10,12-13H2,1,3H3. The van der Waals surface area contributed by atoms with Gasteiger partial charge in [0.1, 0.15) is 0 Å². The van der Waals surface area contributed by atoms with Crippen LogP contribution in [0.4, 0.5) is 0 Å². The molecule has 0 aromatic heterocycles. The van der Waals surface area contributed by atoms with Crippen molar-refractivity contribution in [3.05, 3.63) is 47.5 Å². The van der Waals surface area contributed by atoms with Gasteiger partial charge in [-0.15, -0.1) is 0 Å². The lowest BCUT2D eigenvalue weighted by molar-refractivity contribution is -0.128. The van der Waals surface area contributed by atoms with Crippen LogP contribution in [-0.4, -0.2) is 41.2 Å². The molecule has 0 saturated carbocycles.